The number of hydrogen-bond acceptors (Lipinski definition) is 3. The largest absolute Gasteiger partial charge is 0.354 e. The molecule has 1 N–H and O–H groups in total. The molecule has 0 spiro atoms. The topological polar surface area (TPSA) is 30.5 Å². The average molecular weight is 187 g/mol. The Hall–Kier alpha value is -0.120. The van der Waals surface area contributed by atoms with E-state index in [-0.39, 0.29) is 6.29 Å². The van der Waals surface area contributed by atoms with Gasteiger partial charge in [-0.15, -0.1) is 0 Å². The molecule has 1 aliphatic carbocycles. The molecule has 0 aromatic carbocycles. The molecular weight excluding hydrogens is 166 g/mol. The van der Waals surface area contributed by atoms with Crippen LogP contribution >= 0.6 is 0 Å². The summed E-state index contributed by atoms with van der Waals surface area (Å²) in [4.78, 5) is 0. The minimum absolute atomic E-state index is 0.0924. The zero-order chi connectivity index (χ0) is 9.68. The van der Waals surface area contributed by atoms with Crippen LogP contribution in [0, 0.1) is 5.92 Å². The minimum atomic E-state index is -0.0924. The Morgan fingerprint density at radius 1 is 1.31 bits per heavy atom. The molecule has 1 fully saturated rings. The molecule has 0 bridgehead atoms. The number of hydrogen-bond donors (Lipinski definition) is 1. The Kier molecular flexibility index (Phi) is 4.70. The van der Waals surface area contributed by atoms with Crippen molar-refractivity contribution >= 4 is 0 Å². The first-order valence-corrected chi connectivity index (χ1v) is 5.12. The van der Waals surface area contributed by atoms with Gasteiger partial charge in [-0.1, -0.05) is 13.3 Å². The highest BCUT2D eigenvalue weighted by molar-refractivity contribution is 4.84. The fourth-order valence-corrected chi connectivity index (χ4v) is 1.91. The Labute approximate surface area is 80.8 Å². The Bertz CT molecular complexity index is 133. The summed E-state index contributed by atoms with van der Waals surface area (Å²) in [6.45, 7) is 3.10. The molecule has 1 unspecified atom stereocenters. The van der Waals surface area contributed by atoms with E-state index in [0.29, 0.717) is 6.04 Å². The Morgan fingerprint density at radius 2 is 1.92 bits per heavy atom. The van der Waals surface area contributed by atoms with Crippen molar-refractivity contribution in [2.45, 2.75) is 38.5 Å². The van der Waals surface area contributed by atoms with Gasteiger partial charge in [0.2, 0.25) is 0 Å². The zero-order valence-electron chi connectivity index (χ0n) is 8.88. The van der Waals surface area contributed by atoms with E-state index in [0.717, 1.165) is 12.5 Å². The predicted octanol–water partition coefficient (Wildman–Crippen LogP) is 1.38. The third kappa shape index (κ3) is 2.66. The molecule has 13 heavy (non-hydrogen) atoms. The van der Waals surface area contributed by atoms with Gasteiger partial charge in [-0.25, -0.2) is 0 Å². The van der Waals surface area contributed by atoms with Crippen LogP contribution in [-0.2, 0) is 9.47 Å². The summed E-state index contributed by atoms with van der Waals surface area (Å²) in [5, 5.41) is 3.44. The van der Waals surface area contributed by atoms with E-state index in [1.165, 1.54) is 19.3 Å². The summed E-state index contributed by atoms with van der Waals surface area (Å²) in [5.74, 6) is 0.741. The molecule has 1 atom stereocenters. The highest BCUT2D eigenvalue weighted by Crippen LogP contribution is 2.31. The molecule has 0 aromatic heterocycles. The second-order valence-corrected chi connectivity index (χ2v) is 3.61. The lowest BCUT2D eigenvalue weighted by Gasteiger charge is -2.37. The molecule has 1 rings (SSSR count). The van der Waals surface area contributed by atoms with Crippen LogP contribution in [0.5, 0.6) is 0 Å². The maximum absolute atomic E-state index is 5.29. The molecule has 0 aliphatic heterocycles. The second kappa shape index (κ2) is 5.58. The quantitative estimate of drug-likeness (QED) is 0.637. The standard InChI is InChI=1S/C10H21NO2/c1-4-11-9(8-6-5-7-8)10(12-2)13-3/h8-11H,4-7H2,1-3H3. The van der Waals surface area contributed by atoms with Gasteiger partial charge < -0.3 is 14.8 Å². The van der Waals surface area contributed by atoms with Gasteiger partial charge in [-0.2, -0.15) is 0 Å². The van der Waals surface area contributed by atoms with Gasteiger partial charge in [0.1, 0.15) is 0 Å². The third-order valence-electron chi connectivity index (χ3n) is 2.86. The van der Waals surface area contributed by atoms with Crippen LogP contribution in [0.25, 0.3) is 0 Å². The molecule has 1 saturated carbocycles. The number of rotatable bonds is 6. The van der Waals surface area contributed by atoms with E-state index in [1.807, 2.05) is 0 Å². The summed E-state index contributed by atoms with van der Waals surface area (Å²) < 4.78 is 10.6. The Balaban J connectivity index is 2.43. The zero-order valence-corrected chi connectivity index (χ0v) is 8.88. The molecule has 3 nitrogen and oxygen atoms in total. The first-order valence-electron chi connectivity index (χ1n) is 5.12. The molecule has 0 amide bonds. The molecule has 78 valence electrons. The number of likely N-dealkylation sites (N-methyl/N-ethyl adjacent to an activating group) is 1. The average Bonchev–Trinajstić information content (AvgIpc) is 2.04. The minimum Gasteiger partial charge on any atom is -0.354 e. The van der Waals surface area contributed by atoms with Crippen LogP contribution in [0.3, 0.4) is 0 Å². The SMILES string of the molecule is CCNC(C1CCC1)C(OC)OC. The summed E-state index contributed by atoms with van der Waals surface area (Å²) in [6.07, 6.45) is 3.87. The van der Waals surface area contributed by atoms with E-state index < -0.39 is 0 Å². The first-order chi connectivity index (χ1) is 6.33. The Morgan fingerprint density at radius 3 is 2.23 bits per heavy atom. The summed E-state index contributed by atoms with van der Waals surface area (Å²) in [5.41, 5.74) is 0. The van der Waals surface area contributed by atoms with Crippen LogP contribution < -0.4 is 5.32 Å². The van der Waals surface area contributed by atoms with Crippen molar-refractivity contribution in [2.24, 2.45) is 5.92 Å². The number of ether oxygens (including phenoxy) is 2. The molecule has 3 heteroatoms. The smallest absolute Gasteiger partial charge is 0.172 e. The van der Waals surface area contributed by atoms with Crippen molar-refractivity contribution < 1.29 is 9.47 Å². The van der Waals surface area contributed by atoms with Crippen molar-refractivity contribution in [1.29, 1.82) is 0 Å². The molecule has 0 heterocycles. The molecular formula is C10H21NO2. The van der Waals surface area contributed by atoms with Crippen LogP contribution in [0.15, 0.2) is 0 Å². The highest BCUT2D eigenvalue weighted by Gasteiger charge is 2.32. The monoisotopic (exact) mass is 187 g/mol. The number of nitrogens with one attached hydrogen (secondary N) is 1. The fraction of sp³-hybridized carbons (Fsp3) is 1.00. The lowest BCUT2D eigenvalue weighted by molar-refractivity contribution is -0.138. The van der Waals surface area contributed by atoms with Gasteiger partial charge >= 0.3 is 0 Å². The van der Waals surface area contributed by atoms with Crippen LogP contribution in [0.1, 0.15) is 26.2 Å². The van der Waals surface area contributed by atoms with Crippen LogP contribution in [-0.4, -0.2) is 33.1 Å². The van der Waals surface area contributed by atoms with Gasteiger partial charge in [-0.3, -0.25) is 0 Å². The van der Waals surface area contributed by atoms with E-state index in [4.69, 9.17) is 9.47 Å². The van der Waals surface area contributed by atoms with Gasteiger partial charge in [0.15, 0.2) is 6.29 Å². The van der Waals surface area contributed by atoms with E-state index in [9.17, 15) is 0 Å². The summed E-state index contributed by atoms with van der Waals surface area (Å²) in [6, 6.07) is 0.369. The van der Waals surface area contributed by atoms with Gasteiger partial charge in [0.25, 0.3) is 0 Å². The molecule has 0 saturated heterocycles. The predicted molar refractivity (Wildman–Crippen MR) is 52.6 cm³/mol. The lowest BCUT2D eigenvalue weighted by atomic mass is 9.79. The van der Waals surface area contributed by atoms with Crippen molar-refractivity contribution in [3.63, 3.8) is 0 Å². The molecule has 1 aliphatic rings. The van der Waals surface area contributed by atoms with Crippen molar-refractivity contribution in [1.82, 2.24) is 5.32 Å². The summed E-state index contributed by atoms with van der Waals surface area (Å²) in [7, 11) is 3.41. The van der Waals surface area contributed by atoms with E-state index >= 15 is 0 Å². The maximum Gasteiger partial charge on any atom is 0.172 e. The lowest BCUT2D eigenvalue weighted by Crippen LogP contribution is -2.49. The molecule has 0 radical (unpaired) electrons. The van der Waals surface area contributed by atoms with Gasteiger partial charge in [0, 0.05) is 14.2 Å². The van der Waals surface area contributed by atoms with Crippen LogP contribution in [0.2, 0.25) is 0 Å². The molecule has 0 aromatic rings. The van der Waals surface area contributed by atoms with Crippen LogP contribution in [0.4, 0.5) is 0 Å². The van der Waals surface area contributed by atoms with Gasteiger partial charge in [0.05, 0.1) is 6.04 Å². The van der Waals surface area contributed by atoms with Crippen molar-refractivity contribution in [3.8, 4) is 0 Å². The number of methoxy groups -OCH3 is 2. The van der Waals surface area contributed by atoms with Gasteiger partial charge in [-0.05, 0) is 25.3 Å². The highest BCUT2D eigenvalue weighted by atomic mass is 16.7. The van der Waals surface area contributed by atoms with E-state index in [1.54, 1.807) is 14.2 Å². The maximum atomic E-state index is 5.29. The normalized spacial score (nSPS) is 20.3. The third-order valence-corrected chi connectivity index (χ3v) is 2.86. The van der Waals surface area contributed by atoms with Crippen molar-refractivity contribution in [3.05, 3.63) is 0 Å². The second-order valence-electron chi connectivity index (χ2n) is 3.61. The van der Waals surface area contributed by atoms with Crippen molar-refractivity contribution in [2.75, 3.05) is 20.8 Å². The van der Waals surface area contributed by atoms with E-state index in [2.05, 4.69) is 12.2 Å². The fourth-order valence-electron chi connectivity index (χ4n) is 1.91. The first kappa shape index (κ1) is 11.0. The summed E-state index contributed by atoms with van der Waals surface area (Å²) >= 11 is 0.